The maximum absolute atomic E-state index is 11.4. The molecule has 0 N–H and O–H groups in total. The van der Waals surface area contributed by atoms with Gasteiger partial charge in [0.15, 0.2) is 0 Å². The summed E-state index contributed by atoms with van der Waals surface area (Å²) in [7, 11) is 0. The molecule has 0 fully saturated rings. The lowest BCUT2D eigenvalue weighted by Crippen LogP contribution is -2.02. The molecule has 0 unspecified atom stereocenters. The minimum Gasteiger partial charge on any atom is -0.249 e. The Hall–Kier alpha value is -0.940. The number of hydrogen-bond acceptors (Lipinski definition) is 4. The highest BCUT2D eigenvalue weighted by molar-refractivity contribution is 6.33. The lowest BCUT2D eigenvalue weighted by atomic mass is 10.3. The molecule has 0 spiro atoms. The SMILES string of the molecule is O=C(OF)c1cnc(Cl)nc1Cl. The van der Waals surface area contributed by atoms with Gasteiger partial charge >= 0.3 is 5.97 Å². The molecule has 0 aliphatic carbocycles. The number of hydrogen-bond donors (Lipinski definition) is 0. The van der Waals surface area contributed by atoms with Crippen molar-refractivity contribution in [1.29, 1.82) is 0 Å². The summed E-state index contributed by atoms with van der Waals surface area (Å²) in [4.78, 5) is 20.3. The minimum atomic E-state index is -1.25. The summed E-state index contributed by atoms with van der Waals surface area (Å²) in [6, 6.07) is 0. The molecular weight excluding hydrogens is 210 g/mol. The molecule has 0 bridgehead atoms. The standard InChI is InChI=1S/C5HCl2FN2O2/c6-3-2(4(11)12-8)1-9-5(7)10-3/h1H. The minimum absolute atomic E-state index is 0.129. The van der Waals surface area contributed by atoms with Crippen LogP contribution in [0.3, 0.4) is 0 Å². The van der Waals surface area contributed by atoms with Crippen molar-refractivity contribution in [3.05, 3.63) is 22.2 Å². The highest BCUT2D eigenvalue weighted by Crippen LogP contribution is 2.14. The molecule has 1 aromatic heterocycles. The summed E-state index contributed by atoms with van der Waals surface area (Å²) in [5, 5.41) is -0.381. The van der Waals surface area contributed by atoms with Crippen molar-refractivity contribution in [1.82, 2.24) is 9.97 Å². The summed E-state index contributed by atoms with van der Waals surface area (Å²) in [6.07, 6.45) is 0.972. The first-order chi connectivity index (χ1) is 5.65. The second-order valence-electron chi connectivity index (χ2n) is 1.71. The zero-order chi connectivity index (χ0) is 9.14. The maximum atomic E-state index is 11.4. The summed E-state index contributed by atoms with van der Waals surface area (Å²) in [6.45, 7) is 0. The maximum Gasteiger partial charge on any atom is 0.384 e. The van der Waals surface area contributed by atoms with Crippen LogP contribution >= 0.6 is 23.2 Å². The fraction of sp³-hybridized carbons (Fsp3) is 0. The van der Waals surface area contributed by atoms with Crippen molar-refractivity contribution in [3.8, 4) is 0 Å². The number of rotatable bonds is 1. The van der Waals surface area contributed by atoms with E-state index >= 15 is 0 Å². The van der Waals surface area contributed by atoms with E-state index in [1.54, 1.807) is 0 Å². The van der Waals surface area contributed by atoms with Crippen molar-refractivity contribution in [2.45, 2.75) is 0 Å². The molecule has 4 nitrogen and oxygen atoms in total. The van der Waals surface area contributed by atoms with E-state index in [9.17, 15) is 9.32 Å². The Labute approximate surface area is 76.2 Å². The van der Waals surface area contributed by atoms with Crippen molar-refractivity contribution in [2.24, 2.45) is 0 Å². The van der Waals surface area contributed by atoms with Crippen LogP contribution in [-0.4, -0.2) is 15.9 Å². The van der Waals surface area contributed by atoms with E-state index < -0.39 is 5.97 Å². The topological polar surface area (TPSA) is 52.1 Å². The van der Waals surface area contributed by atoms with Crippen molar-refractivity contribution >= 4 is 29.2 Å². The summed E-state index contributed by atoms with van der Waals surface area (Å²) in [5.41, 5.74) is -0.274. The first kappa shape index (κ1) is 9.15. The Morgan fingerprint density at radius 2 is 2.25 bits per heavy atom. The van der Waals surface area contributed by atoms with Gasteiger partial charge in [0, 0.05) is 10.7 Å². The van der Waals surface area contributed by atoms with Crippen LogP contribution in [0.4, 0.5) is 4.53 Å². The Balaban J connectivity index is 3.09. The number of carbonyl (C=O) groups is 1. The highest BCUT2D eigenvalue weighted by atomic mass is 35.5. The van der Waals surface area contributed by atoms with Gasteiger partial charge in [-0.3, -0.25) is 0 Å². The molecule has 0 aliphatic rings. The Bertz CT molecular complexity index is 320. The lowest BCUT2D eigenvalue weighted by Gasteiger charge is -1.96. The van der Waals surface area contributed by atoms with Crippen molar-refractivity contribution in [2.75, 3.05) is 0 Å². The van der Waals surface area contributed by atoms with Crippen LogP contribution in [0.25, 0.3) is 0 Å². The van der Waals surface area contributed by atoms with Crippen LogP contribution in [0.5, 0.6) is 0 Å². The normalized spacial score (nSPS) is 9.58. The van der Waals surface area contributed by atoms with E-state index in [0.29, 0.717) is 0 Å². The largest absolute Gasteiger partial charge is 0.384 e. The molecule has 64 valence electrons. The molecule has 0 aliphatic heterocycles. The van der Waals surface area contributed by atoms with Crippen molar-refractivity contribution < 1.29 is 14.3 Å². The third-order valence-electron chi connectivity index (χ3n) is 1.00. The van der Waals surface area contributed by atoms with Crippen LogP contribution in [0.1, 0.15) is 10.4 Å². The van der Waals surface area contributed by atoms with E-state index in [0.717, 1.165) is 6.20 Å². The average molecular weight is 211 g/mol. The van der Waals surface area contributed by atoms with Gasteiger partial charge < -0.3 is 0 Å². The number of halogens is 3. The predicted molar refractivity (Wildman–Crippen MR) is 38.6 cm³/mol. The number of carbonyl (C=O) groups excluding carboxylic acids is 1. The van der Waals surface area contributed by atoms with Gasteiger partial charge in [0.05, 0.1) is 0 Å². The third kappa shape index (κ3) is 1.80. The van der Waals surface area contributed by atoms with Gasteiger partial charge in [-0.15, -0.1) is 0 Å². The molecule has 0 saturated heterocycles. The Morgan fingerprint density at radius 1 is 1.58 bits per heavy atom. The van der Waals surface area contributed by atoms with E-state index in [4.69, 9.17) is 23.2 Å². The Morgan fingerprint density at radius 3 is 2.75 bits per heavy atom. The summed E-state index contributed by atoms with van der Waals surface area (Å²) >= 11 is 10.7. The summed E-state index contributed by atoms with van der Waals surface area (Å²) in [5.74, 6) is -1.25. The van der Waals surface area contributed by atoms with Crippen LogP contribution in [0.2, 0.25) is 10.4 Å². The van der Waals surface area contributed by atoms with Gasteiger partial charge in [-0.25, -0.2) is 19.7 Å². The van der Waals surface area contributed by atoms with Gasteiger partial charge in [-0.05, 0) is 11.6 Å². The number of aromatic nitrogens is 2. The monoisotopic (exact) mass is 210 g/mol. The second kappa shape index (κ2) is 3.64. The van der Waals surface area contributed by atoms with Gasteiger partial charge in [-0.1, -0.05) is 11.6 Å². The van der Waals surface area contributed by atoms with Crippen LogP contribution in [0, 0.1) is 0 Å². The van der Waals surface area contributed by atoms with Gasteiger partial charge in [0.1, 0.15) is 10.7 Å². The van der Waals surface area contributed by atoms with Crippen molar-refractivity contribution in [3.63, 3.8) is 0 Å². The zero-order valence-electron chi connectivity index (χ0n) is 5.42. The van der Waals surface area contributed by atoms with E-state index in [1.807, 2.05) is 0 Å². The van der Waals surface area contributed by atoms with E-state index in [1.165, 1.54) is 0 Å². The smallest absolute Gasteiger partial charge is 0.249 e. The average Bonchev–Trinajstić information content (AvgIpc) is 2.03. The zero-order valence-corrected chi connectivity index (χ0v) is 6.93. The number of nitrogens with zero attached hydrogens (tertiary/aromatic N) is 2. The van der Waals surface area contributed by atoms with E-state index in [-0.39, 0.29) is 16.0 Å². The molecule has 0 aromatic carbocycles. The third-order valence-corrected chi connectivity index (χ3v) is 1.47. The molecule has 12 heavy (non-hydrogen) atoms. The van der Waals surface area contributed by atoms with Gasteiger partial charge in [0.25, 0.3) is 0 Å². The van der Waals surface area contributed by atoms with Crippen LogP contribution in [-0.2, 0) is 4.94 Å². The van der Waals surface area contributed by atoms with Gasteiger partial charge in [-0.2, -0.15) is 0 Å². The van der Waals surface area contributed by atoms with Crippen LogP contribution < -0.4 is 0 Å². The first-order valence-corrected chi connectivity index (χ1v) is 3.41. The molecule has 1 aromatic rings. The molecule has 1 heterocycles. The predicted octanol–water partition coefficient (Wildman–Crippen LogP) is 1.82. The molecule has 0 amide bonds. The molecule has 7 heteroatoms. The lowest BCUT2D eigenvalue weighted by molar-refractivity contribution is -0.0788. The first-order valence-electron chi connectivity index (χ1n) is 2.66. The van der Waals surface area contributed by atoms with Crippen LogP contribution in [0.15, 0.2) is 6.20 Å². The molecule has 0 atom stereocenters. The van der Waals surface area contributed by atoms with E-state index in [2.05, 4.69) is 14.9 Å². The molecule has 0 radical (unpaired) electrons. The fourth-order valence-electron chi connectivity index (χ4n) is 0.520. The highest BCUT2D eigenvalue weighted by Gasteiger charge is 2.14. The second-order valence-corrected chi connectivity index (χ2v) is 2.40. The van der Waals surface area contributed by atoms with Gasteiger partial charge in [0.2, 0.25) is 5.28 Å². The quantitative estimate of drug-likeness (QED) is 0.525. The molecular formula is C5HCl2FN2O2. The Kier molecular flexibility index (Phi) is 2.78. The molecule has 1 rings (SSSR count). The molecule has 0 saturated carbocycles. The summed E-state index contributed by atoms with van der Waals surface area (Å²) < 4.78 is 11.4. The fourth-order valence-corrected chi connectivity index (χ4v) is 0.902.